The Hall–Kier alpha value is -3.41. The van der Waals surface area contributed by atoms with Crippen LogP contribution in [0.3, 0.4) is 0 Å². The Morgan fingerprint density at radius 2 is 1.75 bits per heavy atom. The van der Waals surface area contributed by atoms with Crippen LogP contribution in [0.15, 0.2) is 77.7 Å². The van der Waals surface area contributed by atoms with Gasteiger partial charge in [0, 0.05) is 24.4 Å². The Kier molecular flexibility index (Phi) is 6.57. The molecule has 1 N–H and O–H groups in total. The van der Waals surface area contributed by atoms with E-state index in [-0.39, 0.29) is 30.2 Å². The average Bonchev–Trinajstić information content (AvgIpc) is 2.70. The molecule has 6 heteroatoms. The van der Waals surface area contributed by atoms with Gasteiger partial charge in [0.15, 0.2) is 11.6 Å². The number of anilines is 1. The third kappa shape index (κ3) is 5.54. The first-order valence-corrected chi connectivity index (χ1v) is 9.03. The van der Waals surface area contributed by atoms with Crippen LogP contribution in [0.2, 0.25) is 0 Å². The third-order valence-electron chi connectivity index (χ3n) is 4.13. The fourth-order valence-electron chi connectivity index (χ4n) is 2.68. The van der Waals surface area contributed by atoms with E-state index in [1.165, 1.54) is 12.1 Å². The van der Waals surface area contributed by atoms with Gasteiger partial charge in [-0.1, -0.05) is 30.3 Å². The second-order valence-corrected chi connectivity index (χ2v) is 6.29. The summed E-state index contributed by atoms with van der Waals surface area (Å²) in [4.78, 5) is 23.8. The molecular weight excluding hydrogens is 359 g/mol. The zero-order valence-electron chi connectivity index (χ0n) is 15.3. The van der Waals surface area contributed by atoms with Crippen molar-refractivity contribution in [1.29, 1.82) is 0 Å². The van der Waals surface area contributed by atoms with Crippen LogP contribution in [0.1, 0.15) is 18.4 Å². The van der Waals surface area contributed by atoms with Gasteiger partial charge in [-0.3, -0.25) is 9.59 Å². The molecule has 0 unspecified atom stereocenters. The van der Waals surface area contributed by atoms with E-state index in [0.717, 1.165) is 5.56 Å². The predicted octanol–water partition coefficient (Wildman–Crippen LogP) is 3.83. The molecule has 0 aliphatic rings. The Morgan fingerprint density at radius 3 is 2.50 bits per heavy atom. The van der Waals surface area contributed by atoms with E-state index in [4.69, 9.17) is 4.74 Å². The first-order chi connectivity index (χ1) is 13.6. The molecule has 28 heavy (non-hydrogen) atoms. The molecule has 3 rings (SSSR count). The Balaban J connectivity index is 1.43. The molecule has 0 bridgehead atoms. The number of halogens is 1. The SMILES string of the molecule is O=C(CCCOc1ccccc1F)Nc1ccc(Cn2ccccc2=O)cc1. The third-order valence-corrected chi connectivity index (χ3v) is 4.13. The second kappa shape index (κ2) is 9.50. The smallest absolute Gasteiger partial charge is 0.250 e. The van der Waals surface area contributed by atoms with Crippen LogP contribution in [-0.4, -0.2) is 17.1 Å². The standard InChI is InChI=1S/C22H21FN2O3/c23-19-6-1-2-7-20(19)28-15-5-8-21(26)24-18-12-10-17(11-13-18)16-25-14-4-3-9-22(25)27/h1-4,6-7,9-14H,5,8,15-16H2,(H,24,26). The van der Waals surface area contributed by atoms with Crippen LogP contribution in [-0.2, 0) is 11.3 Å². The number of pyridine rings is 1. The van der Waals surface area contributed by atoms with Crippen LogP contribution in [0.5, 0.6) is 5.75 Å². The van der Waals surface area contributed by atoms with E-state index in [1.807, 2.05) is 18.2 Å². The number of aromatic nitrogens is 1. The van der Waals surface area contributed by atoms with Crippen molar-refractivity contribution in [1.82, 2.24) is 4.57 Å². The van der Waals surface area contributed by atoms with Gasteiger partial charge in [0.25, 0.3) is 5.56 Å². The molecule has 0 aliphatic carbocycles. The van der Waals surface area contributed by atoms with Crippen LogP contribution >= 0.6 is 0 Å². The molecule has 1 amide bonds. The molecule has 2 aromatic carbocycles. The van der Waals surface area contributed by atoms with Gasteiger partial charge in [0.2, 0.25) is 5.91 Å². The summed E-state index contributed by atoms with van der Waals surface area (Å²) in [7, 11) is 0. The van der Waals surface area contributed by atoms with Gasteiger partial charge in [-0.05, 0) is 42.3 Å². The summed E-state index contributed by atoms with van der Waals surface area (Å²) in [6.45, 7) is 0.737. The molecule has 0 saturated carbocycles. The van der Waals surface area contributed by atoms with E-state index < -0.39 is 5.82 Å². The minimum absolute atomic E-state index is 0.0579. The van der Waals surface area contributed by atoms with Gasteiger partial charge in [0.1, 0.15) is 0 Å². The zero-order valence-corrected chi connectivity index (χ0v) is 15.3. The topological polar surface area (TPSA) is 60.3 Å². The highest BCUT2D eigenvalue weighted by molar-refractivity contribution is 5.90. The van der Waals surface area contributed by atoms with Gasteiger partial charge >= 0.3 is 0 Å². The first kappa shape index (κ1) is 19.4. The van der Waals surface area contributed by atoms with Crippen molar-refractivity contribution in [2.45, 2.75) is 19.4 Å². The monoisotopic (exact) mass is 380 g/mol. The minimum Gasteiger partial charge on any atom is -0.491 e. The van der Waals surface area contributed by atoms with Crippen LogP contribution in [0.25, 0.3) is 0 Å². The molecule has 0 aliphatic heterocycles. The number of amides is 1. The van der Waals surface area contributed by atoms with E-state index >= 15 is 0 Å². The quantitative estimate of drug-likeness (QED) is 0.604. The van der Waals surface area contributed by atoms with Gasteiger partial charge in [-0.25, -0.2) is 4.39 Å². The lowest BCUT2D eigenvalue weighted by molar-refractivity contribution is -0.116. The summed E-state index contributed by atoms with van der Waals surface area (Å²) in [5, 5.41) is 2.82. The summed E-state index contributed by atoms with van der Waals surface area (Å²) >= 11 is 0. The van der Waals surface area contributed by atoms with Gasteiger partial charge in [-0.2, -0.15) is 0 Å². The van der Waals surface area contributed by atoms with Crippen molar-refractivity contribution in [2.24, 2.45) is 0 Å². The second-order valence-electron chi connectivity index (χ2n) is 6.29. The first-order valence-electron chi connectivity index (χ1n) is 9.03. The number of hydrogen-bond acceptors (Lipinski definition) is 3. The highest BCUT2D eigenvalue weighted by Crippen LogP contribution is 2.16. The van der Waals surface area contributed by atoms with Crippen molar-refractivity contribution in [3.63, 3.8) is 0 Å². The average molecular weight is 380 g/mol. The van der Waals surface area contributed by atoms with E-state index in [1.54, 1.807) is 47.2 Å². The Morgan fingerprint density at radius 1 is 1.00 bits per heavy atom. The van der Waals surface area contributed by atoms with Crippen molar-refractivity contribution < 1.29 is 13.9 Å². The molecule has 0 spiro atoms. The fourth-order valence-corrected chi connectivity index (χ4v) is 2.68. The number of hydrogen-bond donors (Lipinski definition) is 1. The molecule has 144 valence electrons. The summed E-state index contributed by atoms with van der Waals surface area (Å²) in [6.07, 6.45) is 2.49. The number of benzene rings is 2. The normalized spacial score (nSPS) is 10.5. The number of carbonyl (C=O) groups is 1. The number of para-hydroxylation sites is 1. The predicted molar refractivity (Wildman–Crippen MR) is 106 cm³/mol. The molecule has 0 atom stereocenters. The molecular formula is C22H21FN2O3. The summed E-state index contributed by atoms with van der Waals surface area (Å²) in [5.74, 6) is -0.356. The molecule has 0 radical (unpaired) electrons. The fraction of sp³-hybridized carbons (Fsp3) is 0.182. The Bertz CT molecular complexity index is 983. The lowest BCUT2D eigenvalue weighted by Gasteiger charge is -2.09. The van der Waals surface area contributed by atoms with Crippen molar-refractivity contribution in [2.75, 3.05) is 11.9 Å². The maximum absolute atomic E-state index is 13.4. The van der Waals surface area contributed by atoms with E-state index in [9.17, 15) is 14.0 Å². The highest BCUT2D eigenvalue weighted by atomic mass is 19.1. The van der Waals surface area contributed by atoms with E-state index in [0.29, 0.717) is 18.7 Å². The molecule has 1 aromatic heterocycles. The molecule has 0 fully saturated rings. The Labute approximate surface area is 162 Å². The van der Waals surface area contributed by atoms with Crippen molar-refractivity contribution >= 4 is 11.6 Å². The van der Waals surface area contributed by atoms with Crippen LogP contribution in [0, 0.1) is 5.82 Å². The van der Waals surface area contributed by atoms with Crippen LogP contribution in [0.4, 0.5) is 10.1 Å². The van der Waals surface area contributed by atoms with Gasteiger partial charge in [0.05, 0.1) is 13.2 Å². The molecule has 1 heterocycles. The minimum atomic E-state index is -0.412. The number of carbonyl (C=O) groups excluding carboxylic acids is 1. The van der Waals surface area contributed by atoms with Crippen molar-refractivity contribution in [3.05, 3.63) is 94.7 Å². The van der Waals surface area contributed by atoms with Crippen molar-refractivity contribution in [3.8, 4) is 5.75 Å². The maximum atomic E-state index is 13.4. The van der Waals surface area contributed by atoms with E-state index in [2.05, 4.69) is 5.32 Å². The summed E-state index contributed by atoms with van der Waals surface area (Å²) < 4.78 is 20.4. The van der Waals surface area contributed by atoms with Gasteiger partial charge < -0.3 is 14.6 Å². The van der Waals surface area contributed by atoms with Crippen LogP contribution < -0.4 is 15.6 Å². The number of nitrogens with one attached hydrogen (secondary N) is 1. The highest BCUT2D eigenvalue weighted by Gasteiger charge is 2.05. The number of rotatable bonds is 8. The summed E-state index contributed by atoms with van der Waals surface area (Å²) in [5.41, 5.74) is 1.59. The summed E-state index contributed by atoms with van der Waals surface area (Å²) in [6, 6.07) is 18.6. The molecule has 0 saturated heterocycles. The molecule has 5 nitrogen and oxygen atoms in total. The number of ether oxygens (including phenoxy) is 1. The number of nitrogens with zero attached hydrogens (tertiary/aromatic N) is 1. The zero-order chi connectivity index (χ0) is 19.8. The van der Waals surface area contributed by atoms with Gasteiger partial charge in [-0.15, -0.1) is 0 Å². The molecule has 3 aromatic rings. The maximum Gasteiger partial charge on any atom is 0.250 e. The lowest BCUT2D eigenvalue weighted by Crippen LogP contribution is -2.18. The lowest BCUT2D eigenvalue weighted by atomic mass is 10.2. The largest absolute Gasteiger partial charge is 0.491 e.